The third kappa shape index (κ3) is 5.71. The molecule has 1 spiro atoms. The number of carbonyl (C=O) groups excluding carboxylic acids is 4. The van der Waals surface area contributed by atoms with Gasteiger partial charge in [-0.3, -0.25) is 19.2 Å². The van der Waals surface area contributed by atoms with Crippen LogP contribution in [-0.4, -0.2) is 77.7 Å². The Balaban J connectivity index is 1.46. The Labute approximate surface area is 274 Å². The summed E-state index contributed by atoms with van der Waals surface area (Å²) in [6.45, 7) is -0.0944. The van der Waals surface area contributed by atoms with E-state index in [2.05, 4.69) is 21.2 Å². The maximum Gasteiger partial charge on any atom is 0.306 e. The lowest BCUT2D eigenvalue weighted by Gasteiger charge is -2.36. The summed E-state index contributed by atoms with van der Waals surface area (Å²) in [6.07, 6.45) is 5.22. The molecule has 0 unspecified atom stereocenters. The first-order valence-electron chi connectivity index (χ1n) is 15.0. The topological polar surface area (TPSA) is 125 Å². The van der Waals surface area contributed by atoms with Crippen molar-refractivity contribution in [2.45, 2.75) is 43.1 Å². The smallest absolute Gasteiger partial charge is 0.306 e. The van der Waals surface area contributed by atoms with E-state index < -0.39 is 59.3 Å². The van der Waals surface area contributed by atoms with Gasteiger partial charge < -0.3 is 29.7 Å². The fourth-order valence-electron chi connectivity index (χ4n) is 6.82. The molecule has 0 aliphatic carbocycles. The Morgan fingerprint density at radius 3 is 2.53 bits per heavy atom. The van der Waals surface area contributed by atoms with Gasteiger partial charge in [-0.2, -0.15) is 0 Å². The van der Waals surface area contributed by atoms with Crippen molar-refractivity contribution in [2.75, 3.05) is 31.2 Å². The van der Waals surface area contributed by atoms with Crippen molar-refractivity contribution < 1.29 is 33.8 Å². The van der Waals surface area contributed by atoms with E-state index in [9.17, 15) is 24.3 Å². The molecule has 0 saturated carbocycles. The van der Waals surface area contributed by atoms with E-state index in [-0.39, 0.29) is 39.1 Å². The summed E-state index contributed by atoms with van der Waals surface area (Å²) in [7, 11) is 0. The van der Waals surface area contributed by atoms with E-state index in [0.717, 1.165) is 5.56 Å². The minimum absolute atomic E-state index is 0.0899. The average Bonchev–Trinajstić information content (AvgIpc) is 3.63. The number of fused-ring (bicyclic) bond motifs is 2. The molecular formula is C33H33BrClN3O7. The van der Waals surface area contributed by atoms with Crippen LogP contribution in [0.2, 0.25) is 5.02 Å². The largest absolute Gasteiger partial charge is 0.463 e. The van der Waals surface area contributed by atoms with E-state index in [1.54, 1.807) is 42.5 Å². The molecule has 10 nitrogen and oxygen atoms in total. The number of halogens is 2. The first-order valence-corrected chi connectivity index (χ1v) is 16.1. The summed E-state index contributed by atoms with van der Waals surface area (Å²) in [5, 5.41) is 13.0. The van der Waals surface area contributed by atoms with Crippen LogP contribution >= 0.6 is 27.5 Å². The number of likely N-dealkylation sites (tertiary alicyclic amines) is 1. The zero-order chi connectivity index (χ0) is 31.7. The van der Waals surface area contributed by atoms with Gasteiger partial charge in [-0.05, 0) is 36.6 Å². The van der Waals surface area contributed by atoms with E-state index >= 15 is 0 Å². The van der Waals surface area contributed by atoms with E-state index in [4.69, 9.17) is 21.1 Å². The molecule has 236 valence electrons. The maximum atomic E-state index is 14.7. The first-order chi connectivity index (χ1) is 21.8. The molecule has 6 atom stereocenters. The number of cyclic esters (lactones) is 1. The standard InChI is InChI=1S/C33H33BrClN3O7/c34-21-18-33-27-26(28(21)45-33)30(41)36-23(20-10-3-1-4-11-20)19-44-25(40)14-5-2-8-15-37(24-13-7-6-12-22(24)35)32(43)29(33)38(31(27)42)16-9-17-39/h1-4,6-8,10-13,18,23,26-29,39H,5,9,14-17,19H2,(H,36,41)/b8-2-/t23-,26-,27+,28-,29-,33+/m1/s1. The number of nitrogens with one attached hydrogen (secondary N) is 1. The first kappa shape index (κ1) is 31.5. The Morgan fingerprint density at radius 1 is 1.02 bits per heavy atom. The molecule has 45 heavy (non-hydrogen) atoms. The molecule has 0 radical (unpaired) electrons. The third-order valence-corrected chi connectivity index (χ3v) is 9.83. The second kappa shape index (κ2) is 13.1. The predicted octanol–water partition coefficient (Wildman–Crippen LogP) is 3.68. The molecule has 6 rings (SSSR count). The van der Waals surface area contributed by atoms with Gasteiger partial charge in [0.1, 0.15) is 24.4 Å². The van der Waals surface area contributed by atoms with Gasteiger partial charge in [-0.15, -0.1) is 0 Å². The zero-order valence-corrected chi connectivity index (χ0v) is 26.7. The summed E-state index contributed by atoms with van der Waals surface area (Å²) >= 11 is 10.2. The van der Waals surface area contributed by atoms with Gasteiger partial charge in [0.15, 0.2) is 0 Å². The van der Waals surface area contributed by atoms with Crippen LogP contribution < -0.4 is 10.2 Å². The fraction of sp³-hybridized carbons (Fsp3) is 0.394. The molecule has 12 heteroatoms. The number of amides is 3. The number of hydrogen-bond acceptors (Lipinski definition) is 7. The van der Waals surface area contributed by atoms with Gasteiger partial charge in [0.25, 0.3) is 5.91 Å². The van der Waals surface area contributed by atoms with Crippen LogP contribution in [-0.2, 0) is 28.7 Å². The van der Waals surface area contributed by atoms with Crippen LogP contribution in [0.25, 0.3) is 0 Å². The Bertz CT molecular complexity index is 1550. The Kier molecular flexibility index (Phi) is 9.15. The number of rotatable bonds is 5. The van der Waals surface area contributed by atoms with Crippen molar-refractivity contribution in [3.8, 4) is 0 Å². The quantitative estimate of drug-likeness (QED) is 0.361. The number of esters is 1. The number of benzene rings is 2. The molecule has 4 aliphatic heterocycles. The number of carbonyl (C=O) groups is 4. The Hall–Kier alpha value is -3.51. The van der Waals surface area contributed by atoms with Gasteiger partial charge in [0, 0.05) is 30.6 Å². The molecule has 0 aromatic heterocycles. The molecule has 2 aromatic carbocycles. The number of aliphatic hydroxyl groups is 1. The summed E-state index contributed by atoms with van der Waals surface area (Å²) < 4.78 is 12.7. The third-order valence-electron chi connectivity index (χ3n) is 8.83. The molecule has 2 saturated heterocycles. The maximum absolute atomic E-state index is 14.7. The molecule has 2 N–H and O–H groups in total. The van der Waals surface area contributed by atoms with Crippen molar-refractivity contribution in [1.82, 2.24) is 10.2 Å². The van der Waals surface area contributed by atoms with Crippen LogP contribution in [0.1, 0.15) is 30.9 Å². The lowest BCUT2D eigenvalue weighted by atomic mass is 9.74. The predicted molar refractivity (Wildman–Crippen MR) is 169 cm³/mol. The van der Waals surface area contributed by atoms with Gasteiger partial charge >= 0.3 is 5.97 Å². The average molecular weight is 699 g/mol. The van der Waals surface area contributed by atoms with E-state index in [0.29, 0.717) is 21.6 Å². The number of hydrogen-bond donors (Lipinski definition) is 2. The van der Waals surface area contributed by atoms with Gasteiger partial charge in [0.05, 0.1) is 28.6 Å². The molecule has 2 fully saturated rings. The number of para-hydroxylation sites is 1. The minimum atomic E-state index is -1.44. The van der Waals surface area contributed by atoms with Crippen molar-refractivity contribution in [3.05, 3.63) is 87.9 Å². The van der Waals surface area contributed by atoms with Crippen LogP contribution in [0.5, 0.6) is 0 Å². The summed E-state index contributed by atoms with van der Waals surface area (Å²) in [4.78, 5) is 58.8. The number of anilines is 1. The highest BCUT2D eigenvalue weighted by atomic mass is 79.9. The summed E-state index contributed by atoms with van der Waals surface area (Å²) in [6, 6.07) is 14.3. The highest BCUT2D eigenvalue weighted by Gasteiger charge is 2.74. The van der Waals surface area contributed by atoms with Crippen molar-refractivity contribution in [3.63, 3.8) is 0 Å². The van der Waals surface area contributed by atoms with Crippen LogP contribution in [0.15, 0.2) is 77.3 Å². The Morgan fingerprint density at radius 2 is 1.78 bits per heavy atom. The highest BCUT2D eigenvalue weighted by Crippen LogP contribution is 2.58. The summed E-state index contributed by atoms with van der Waals surface area (Å²) in [5.74, 6) is -3.71. The summed E-state index contributed by atoms with van der Waals surface area (Å²) in [5.41, 5.74) is -0.271. The lowest BCUT2D eigenvalue weighted by Crippen LogP contribution is -2.56. The second-order valence-electron chi connectivity index (χ2n) is 11.5. The SMILES string of the molecule is O=C1CC/C=C\CN(c2ccccc2Cl)C(=O)[C@H]2N(CCCO)C(=O)[C@@H]3[C@@H](C(=O)N[C@@H](c4ccccc4)CO1)[C@@H]1O[C@@]32C=C1Br. The molecular weight excluding hydrogens is 666 g/mol. The van der Waals surface area contributed by atoms with Crippen molar-refractivity contribution >= 4 is 56.9 Å². The number of ether oxygens (including phenoxy) is 2. The van der Waals surface area contributed by atoms with Crippen LogP contribution in [0, 0.1) is 11.8 Å². The van der Waals surface area contributed by atoms with Gasteiger partial charge in [0.2, 0.25) is 11.8 Å². The normalized spacial score (nSPS) is 31.0. The van der Waals surface area contributed by atoms with Gasteiger partial charge in [-0.1, -0.05) is 82.1 Å². The molecule has 2 aromatic rings. The second-order valence-corrected chi connectivity index (χ2v) is 12.8. The zero-order valence-electron chi connectivity index (χ0n) is 24.3. The molecule has 3 amide bonds. The monoisotopic (exact) mass is 697 g/mol. The van der Waals surface area contributed by atoms with E-state index in [1.807, 2.05) is 30.3 Å². The van der Waals surface area contributed by atoms with Gasteiger partial charge in [-0.25, -0.2) is 0 Å². The van der Waals surface area contributed by atoms with Crippen LogP contribution in [0.4, 0.5) is 5.69 Å². The number of nitrogens with zero attached hydrogens (tertiary/aromatic N) is 2. The highest BCUT2D eigenvalue weighted by molar-refractivity contribution is 9.11. The van der Waals surface area contributed by atoms with Crippen molar-refractivity contribution in [2.24, 2.45) is 11.8 Å². The lowest BCUT2D eigenvalue weighted by molar-refractivity contribution is -0.145. The number of allylic oxidation sites excluding steroid dienone is 1. The minimum Gasteiger partial charge on any atom is -0.463 e. The van der Waals surface area contributed by atoms with Crippen LogP contribution in [0.3, 0.4) is 0 Å². The molecule has 5 bridgehead atoms. The van der Waals surface area contributed by atoms with E-state index in [1.165, 1.54) is 9.80 Å². The fourth-order valence-corrected chi connectivity index (χ4v) is 7.80. The molecule has 4 aliphatic rings. The number of aliphatic hydroxyl groups excluding tert-OH is 1. The molecule has 4 heterocycles. The van der Waals surface area contributed by atoms with Crippen molar-refractivity contribution in [1.29, 1.82) is 0 Å².